The van der Waals surface area contributed by atoms with Gasteiger partial charge in [0.1, 0.15) is 0 Å². The highest BCUT2D eigenvalue weighted by Gasteiger charge is 2.35. The van der Waals surface area contributed by atoms with Crippen LogP contribution >= 0.6 is 12.1 Å². The van der Waals surface area contributed by atoms with E-state index in [1.165, 1.54) is 154 Å². The lowest BCUT2D eigenvalue weighted by Crippen LogP contribution is -2.46. The van der Waals surface area contributed by atoms with Crippen molar-refractivity contribution >= 4 is 12.1 Å². The Balaban J connectivity index is 1.54. The van der Waals surface area contributed by atoms with Gasteiger partial charge in [-0.3, -0.25) is 0 Å². The van der Waals surface area contributed by atoms with E-state index in [0.717, 1.165) is 24.2 Å². The summed E-state index contributed by atoms with van der Waals surface area (Å²) in [6.07, 6.45) is 35.4. The van der Waals surface area contributed by atoms with Crippen molar-refractivity contribution < 1.29 is 0 Å². The average Bonchev–Trinajstić information content (AvgIpc) is 3.39. The van der Waals surface area contributed by atoms with E-state index < -0.39 is 0 Å². The first-order valence-corrected chi connectivity index (χ1v) is 15.4. The Kier molecular flexibility index (Phi) is 10.9. The van der Waals surface area contributed by atoms with Crippen LogP contribution < -0.4 is 0 Å². The van der Waals surface area contributed by atoms with E-state index in [2.05, 4.69) is 20.7 Å². The van der Waals surface area contributed by atoms with Gasteiger partial charge >= 0.3 is 0 Å². The molecule has 4 aliphatic carbocycles. The van der Waals surface area contributed by atoms with Crippen LogP contribution in [-0.4, -0.2) is 32.8 Å². The van der Waals surface area contributed by atoms with Crippen LogP contribution in [0.3, 0.4) is 0 Å². The molecule has 4 fully saturated rings. The summed E-state index contributed by atoms with van der Waals surface area (Å²) in [5, 5.41) is 0. The molecule has 0 radical (unpaired) electrons. The molecule has 0 N–H and O–H groups in total. The topological polar surface area (TPSA) is 6.48 Å². The van der Waals surface area contributed by atoms with E-state index in [-0.39, 0.29) is 0 Å². The maximum Gasteiger partial charge on any atom is 0.0217 e. The molecule has 0 aliphatic heterocycles. The van der Waals surface area contributed by atoms with Crippen molar-refractivity contribution in [2.45, 2.75) is 178 Å². The van der Waals surface area contributed by atoms with Gasteiger partial charge in [-0.25, -0.2) is 8.61 Å². The van der Waals surface area contributed by atoms with Gasteiger partial charge in [-0.1, -0.05) is 103 Å². The molecular formula is C28H52N2S. The van der Waals surface area contributed by atoms with Gasteiger partial charge in [-0.15, -0.1) is 0 Å². The summed E-state index contributed by atoms with van der Waals surface area (Å²) in [5.74, 6) is 0. The number of nitrogens with zero attached hydrogens (tertiary/aromatic N) is 2. The van der Waals surface area contributed by atoms with Gasteiger partial charge in [-0.05, 0) is 51.4 Å². The Labute approximate surface area is 198 Å². The number of hydrogen-bond acceptors (Lipinski definition) is 3. The molecule has 4 aliphatic rings. The zero-order valence-electron chi connectivity index (χ0n) is 20.6. The van der Waals surface area contributed by atoms with Crippen LogP contribution in [-0.2, 0) is 0 Å². The Morgan fingerprint density at radius 1 is 0.290 bits per heavy atom. The second-order valence-electron chi connectivity index (χ2n) is 11.4. The van der Waals surface area contributed by atoms with Crippen LogP contribution in [0.25, 0.3) is 0 Å². The summed E-state index contributed by atoms with van der Waals surface area (Å²) in [5.41, 5.74) is 0. The molecule has 0 spiro atoms. The fraction of sp³-hybridized carbons (Fsp3) is 1.00. The number of hydrogen-bond donors (Lipinski definition) is 0. The quantitative estimate of drug-likeness (QED) is 0.295. The Morgan fingerprint density at radius 2 is 0.484 bits per heavy atom. The smallest absolute Gasteiger partial charge is 0.0217 e. The Hall–Kier alpha value is 0.270. The summed E-state index contributed by atoms with van der Waals surface area (Å²) in [6, 6.07) is 3.37. The van der Waals surface area contributed by atoms with Crippen LogP contribution in [0.15, 0.2) is 0 Å². The molecule has 180 valence electrons. The molecule has 0 aromatic rings. The molecule has 0 aromatic heterocycles. The van der Waals surface area contributed by atoms with Gasteiger partial charge in [0.25, 0.3) is 0 Å². The van der Waals surface area contributed by atoms with Crippen LogP contribution in [0.2, 0.25) is 0 Å². The minimum Gasteiger partial charge on any atom is -0.231 e. The van der Waals surface area contributed by atoms with Crippen molar-refractivity contribution in [3.63, 3.8) is 0 Å². The molecule has 0 bridgehead atoms. The van der Waals surface area contributed by atoms with E-state index in [1.54, 1.807) is 0 Å². The molecule has 4 rings (SSSR count). The average molecular weight is 449 g/mol. The van der Waals surface area contributed by atoms with E-state index >= 15 is 0 Å². The molecule has 0 unspecified atom stereocenters. The SMILES string of the molecule is C1CCCC(N(SN(C2CCCCCC2)C2CCCCCC2)C2CCCCCC2)CC1. The lowest BCUT2D eigenvalue weighted by atomic mass is 10.0. The highest BCUT2D eigenvalue weighted by molar-refractivity contribution is 7.94. The molecule has 0 atom stereocenters. The molecule has 0 amide bonds. The minimum absolute atomic E-state index is 0.842. The predicted octanol–water partition coefficient (Wildman–Crippen LogP) is 9.04. The molecule has 31 heavy (non-hydrogen) atoms. The molecular weight excluding hydrogens is 396 g/mol. The largest absolute Gasteiger partial charge is 0.231 e. The van der Waals surface area contributed by atoms with Crippen LogP contribution in [0.5, 0.6) is 0 Å². The standard InChI is InChI=1S/C28H52N2S/c1-2-10-18-25(17-9-1)29(26-19-11-3-4-12-20-26)31-30(27-21-13-5-6-14-22-27)28-23-15-7-8-16-24-28/h25-28H,1-24H2. The summed E-state index contributed by atoms with van der Waals surface area (Å²) >= 11 is 2.32. The first-order valence-electron chi connectivity index (χ1n) is 14.7. The minimum atomic E-state index is 0.842. The summed E-state index contributed by atoms with van der Waals surface area (Å²) in [4.78, 5) is 0. The lowest BCUT2D eigenvalue weighted by molar-refractivity contribution is 0.188. The third-order valence-electron chi connectivity index (χ3n) is 8.93. The van der Waals surface area contributed by atoms with Gasteiger partial charge in [0, 0.05) is 36.3 Å². The molecule has 4 saturated carbocycles. The van der Waals surface area contributed by atoms with Crippen molar-refractivity contribution in [3.05, 3.63) is 0 Å². The zero-order chi connectivity index (χ0) is 21.1. The number of rotatable bonds is 6. The van der Waals surface area contributed by atoms with Crippen LogP contribution in [0.4, 0.5) is 0 Å². The Morgan fingerprint density at radius 3 is 0.677 bits per heavy atom. The summed E-state index contributed by atoms with van der Waals surface area (Å²) in [6.45, 7) is 0. The highest BCUT2D eigenvalue weighted by Crippen LogP contribution is 2.41. The van der Waals surface area contributed by atoms with Crippen molar-refractivity contribution in [1.82, 2.24) is 8.61 Å². The third kappa shape index (κ3) is 7.64. The van der Waals surface area contributed by atoms with E-state index in [9.17, 15) is 0 Å². The molecule has 3 heteroatoms. The van der Waals surface area contributed by atoms with Gasteiger partial charge in [0.15, 0.2) is 0 Å². The van der Waals surface area contributed by atoms with Crippen molar-refractivity contribution in [1.29, 1.82) is 0 Å². The van der Waals surface area contributed by atoms with Gasteiger partial charge in [-0.2, -0.15) is 0 Å². The molecule has 0 aromatic carbocycles. The molecule has 0 heterocycles. The normalized spacial score (nSPS) is 27.7. The van der Waals surface area contributed by atoms with Crippen LogP contribution in [0.1, 0.15) is 154 Å². The van der Waals surface area contributed by atoms with Gasteiger partial charge in [0.2, 0.25) is 0 Å². The third-order valence-corrected chi connectivity index (χ3v) is 10.5. The predicted molar refractivity (Wildman–Crippen MR) is 137 cm³/mol. The van der Waals surface area contributed by atoms with Gasteiger partial charge < -0.3 is 0 Å². The Bertz CT molecular complexity index is 370. The van der Waals surface area contributed by atoms with Crippen molar-refractivity contribution in [2.24, 2.45) is 0 Å². The molecule has 2 nitrogen and oxygen atoms in total. The second kappa shape index (κ2) is 13.9. The first kappa shape index (κ1) is 24.4. The van der Waals surface area contributed by atoms with E-state index in [0.29, 0.717) is 0 Å². The van der Waals surface area contributed by atoms with E-state index in [4.69, 9.17) is 0 Å². The van der Waals surface area contributed by atoms with Crippen molar-refractivity contribution in [2.75, 3.05) is 0 Å². The maximum absolute atomic E-state index is 3.06. The zero-order valence-corrected chi connectivity index (χ0v) is 21.4. The van der Waals surface area contributed by atoms with Gasteiger partial charge in [0.05, 0.1) is 0 Å². The maximum atomic E-state index is 3.06. The fourth-order valence-corrected chi connectivity index (χ4v) is 8.62. The molecule has 0 saturated heterocycles. The monoisotopic (exact) mass is 448 g/mol. The highest BCUT2D eigenvalue weighted by atomic mass is 32.2. The first-order chi connectivity index (χ1) is 15.4. The lowest BCUT2D eigenvalue weighted by Gasteiger charge is -2.44. The van der Waals surface area contributed by atoms with E-state index in [1.807, 2.05) is 0 Å². The summed E-state index contributed by atoms with van der Waals surface area (Å²) in [7, 11) is 0. The summed E-state index contributed by atoms with van der Waals surface area (Å²) < 4.78 is 6.12. The second-order valence-corrected chi connectivity index (χ2v) is 12.4. The van der Waals surface area contributed by atoms with Crippen molar-refractivity contribution in [3.8, 4) is 0 Å². The van der Waals surface area contributed by atoms with Crippen LogP contribution in [0, 0.1) is 0 Å². The fourth-order valence-electron chi connectivity index (χ4n) is 7.02.